The van der Waals surface area contributed by atoms with E-state index < -0.39 is 5.60 Å². The summed E-state index contributed by atoms with van der Waals surface area (Å²) in [6, 6.07) is 12.8. The van der Waals surface area contributed by atoms with Gasteiger partial charge < -0.3 is 10.2 Å². The molecular formula is C30H44O2. The predicted molar refractivity (Wildman–Crippen MR) is 138 cm³/mol. The van der Waals surface area contributed by atoms with Crippen molar-refractivity contribution in [3.05, 3.63) is 70.3 Å². The van der Waals surface area contributed by atoms with Crippen LogP contribution in [0.25, 0.3) is 6.08 Å². The highest BCUT2D eigenvalue weighted by molar-refractivity contribution is 5.57. The molecule has 2 aromatic rings. The average Bonchev–Trinajstić information content (AvgIpc) is 2.79. The number of aromatic hydroxyl groups is 1. The molecule has 2 nitrogen and oxygen atoms in total. The van der Waals surface area contributed by atoms with Gasteiger partial charge in [0.2, 0.25) is 0 Å². The molecule has 0 aliphatic heterocycles. The van der Waals surface area contributed by atoms with Crippen LogP contribution >= 0.6 is 0 Å². The van der Waals surface area contributed by atoms with Crippen molar-refractivity contribution in [2.75, 3.05) is 0 Å². The SMILES string of the molecule is CCCCCCC(O)(C=Cc1ccc(C(CC)(CC)c2ccc(O)c(C)c2)cc1C)CC. The minimum Gasteiger partial charge on any atom is -0.508 e. The van der Waals surface area contributed by atoms with E-state index in [9.17, 15) is 10.2 Å². The summed E-state index contributed by atoms with van der Waals surface area (Å²) < 4.78 is 0. The van der Waals surface area contributed by atoms with Gasteiger partial charge in [0.15, 0.2) is 0 Å². The summed E-state index contributed by atoms with van der Waals surface area (Å²) in [6.07, 6.45) is 12.4. The van der Waals surface area contributed by atoms with Crippen LogP contribution < -0.4 is 0 Å². The molecule has 176 valence electrons. The number of phenols is 1. The molecule has 2 N–H and O–H groups in total. The molecule has 1 unspecified atom stereocenters. The Morgan fingerprint density at radius 1 is 0.781 bits per heavy atom. The number of aryl methyl sites for hydroxylation is 2. The Labute approximate surface area is 196 Å². The summed E-state index contributed by atoms with van der Waals surface area (Å²) in [7, 11) is 0. The van der Waals surface area contributed by atoms with E-state index in [1.165, 1.54) is 36.0 Å². The highest BCUT2D eigenvalue weighted by atomic mass is 16.3. The fourth-order valence-electron chi connectivity index (χ4n) is 4.83. The maximum absolute atomic E-state index is 11.0. The fourth-order valence-corrected chi connectivity index (χ4v) is 4.83. The third-order valence-corrected chi connectivity index (χ3v) is 7.43. The Kier molecular flexibility index (Phi) is 9.58. The average molecular weight is 437 g/mol. The number of rotatable bonds is 12. The Morgan fingerprint density at radius 2 is 1.41 bits per heavy atom. The molecule has 0 aliphatic rings. The minimum atomic E-state index is -0.723. The van der Waals surface area contributed by atoms with Crippen molar-refractivity contribution in [2.45, 2.75) is 104 Å². The molecule has 0 bridgehead atoms. The summed E-state index contributed by atoms with van der Waals surface area (Å²) in [5.41, 5.74) is 5.08. The number of aliphatic hydroxyl groups is 1. The zero-order valence-electron chi connectivity index (χ0n) is 21.2. The van der Waals surface area contributed by atoms with Gasteiger partial charge in [-0.2, -0.15) is 0 Å². The van der Waals surface area contributed by atoms with E-state index in [4.69, 9.17) is 0 Å². The molecule has 0 saturated heterocycles. The van der Waals surface area contributed by atoms with Gasteiger partial charge in [0.05, 0.1) is 5.60 Å². The zero-order valence-corrected chi connectivity index (χ0v) is 21.2. The van der Waals surface area contributed by atoms with Crippen LogP contribution in [-0.4, -0.2) is 15.8 Å². The topological polar surface area (TPSA) is 40.5 Å². The van der Waals surface area contributed by atoms with Crippen molar-refractivity contribution in [3.63, 3.8) is 0 Å². The lowest BCUT2D eigenvalue weighted by Crippen LogP contribution is -2.26. The summed E-state index contributed by atoms with van der Waals surface area (Å²) >= 11 is 0. The monoisotopic (exact) mass is 436 g/mol. The van der Waals surface area contributed by atoms with Crippen LogP contribution in [0.4, 0.5) is 0 Å². The zero-order chi connectivity index (χ0) is 23.8. The quantitative estimate of drug-likeness (QED) is 0.329. The largest absolute Gasteiger partial charge is 0.508 e. The molecular weight excluding hydrogens is 392 g/mol. The molecule has 2 rings (SSSR count). The van der Waals surface area contributed by atoms with Gasteiger partial charge in [-0.15, -0.1) is 0 Å². The molecule has 32 heavy (non-hydrogen) atoms. The Hall–Kier alpha value is -2.06. The molecule has 0 heterocycles. The van der Waals surface area contributed by atoms with E-state index in [1.807, 2.05) is 19.1 Å². The third kappa shape index (κ3) is 6.04. The smallest absolute Gasteiger partial charge is 0.118 e. The molecule has 2 aromatic carbocycles. The molecule has 2 heteroatoms. The van der Waals surface area contributed by atoms with Gasteiger partial charge >= 0.3 is 0 Å². The van der Waals surface area contributed by atoms with Gasteiger partial charge in [-0.3, -0.25) is 0 Å². The third-order valence-electron chi connectivity index (χ3n) is 7.43. The van der Waals surface area contributed by atoms with E-state index in [-0.39, 0.29) is 5.41 Å². The maximum atomic E-state index is 11.0. The molecule has 0 aliphatic carbocycles. The number of hydrogen-bond acceptors (Lipinski definition) is 2. The molecule has 0 fully saturated rings. The maximum Gasteiger partial charge on any atom is 0.118 e. The highest BCUT2D eigenvalue weighted by Gasteiger charge is 2.31. The lowest BCUT2D eigenvalue weighted by Gasteiger charge is -2.34. The molecule has 0 aromatic heterocycles. The standard InChI is InChI=1S/C30H44O2/c1-7-11-12-13-19-29(32,8-2)20-18-25-14-15-26(21-23(25)5)30(9-3,10-4)27-16-17-28(31)24(6)22-27/h14-18,20-22,31-32H,7-13,19H2,1-6H3. The summed E-state index contributed by atoms with van der Waals surface area (Å²) in [5.74, 6) is 0.352. The van der Waals surface area contributed by atoms with E-state index >= 15 is 0 Å². The molecule has 0 saturated carbocycles. The Balaban J connectivity index is 2.32. The second-order valence-corrected chi connectivity index (χ2v) is 9.46. The van der Waals surface area contributed by atoms with Gasteiger partial charge in [-0.05, 0) is 73.4 Å². The second kappa shape index (κ2) is 11.7. The van der Waals surface area contributed by atoms with Crippen LogP contribution in [0.5, 0.6) is 5.75 Å². The molecule has 0 amide bonds. The second-order valence-electron chi connectivity index (χ2n) is 9.46. The van der Waals surface area contributed by atoms with Crippen LogP contribution in [0, 0.1) is 13.8 Å². The number of phenolic OH excluding ortho intramolecular Hbond substituents is 1. The van der Waals surface area contributed by atoms with Crippen LogP contribution in [0.15, 0.2) is 42.5 Å². The first-order valence-corrected chi connectivity index (χ1v) is 12.6. The van der Waals surface area contributed by atoms with Gasteiger partial charge in [-0.1, -0.05) is 95.9 Å². The van der Waals surface area contributed by atoms with Gasteiger partial charge in [0, 0.05) is 5.41 Å². The highest BCUT2D eigenvalue weighted by Crippen LogP contribution is 2.41. The van der Waals surface area contributed by atoms with Gasteiger partial charge in [-0.25, -0.2) is 0 Å². The fraction of sp³-hybridized carbons (Fsp3) is 0.533. The van der Waals surface area contributed by atoms with E-state index in [0.717, 1.165) is 43.2 Å². The van der Waals surface area contributed by atoms with Crippen molar-refractivity contribution in [1.82, 2.24) is 0 Å². The Morgan fingerprint density at radius 3 is 1.94 bits per heavy atom. The van der Waals surface area contributed by atoms with Gasteiger partial charge in [0.1, 0.15) is 5.75 Å². The summed E-state index contributed by atoms with van der Waals surface area (Å²) in [4.78, 5) is 0. The van der Waals surface area contributed by atoms with Crippen LogP contribution in [-0.2, 0) is 5.41 Å². The summed E-state index contributed by atoms with van der Waals surface area (Å²) in [5, 5.41) is 21.0. The molecule has 1 atom stereocenters. The van der Waals surface area contributed by atoms with Crippen molar-refractivity contribution < 1.29 is 10.2 Å². The van der Waals surface area contributed by atoms with Crippen LogP contribution in [0.1, 0.15) is 107 Å². The van der Waals surface area contributed by atoms with Crippen molar-refractivity contribution in [3.8, 4) is 5.75 Å². The molecule has 0 spiro atoms. The first-order valence-electron chi connectivity index (χ1n) is 12.6. The number of hydrogen-bond donors (Lipinski definition) is 2. The lowest BCUT2D eigenvalue weighted by atomic mass is 9.70. The minimum absolute atomic E-state index is 0.0745. The predicted octanol–water partition coefficient (Wildman–Crippen LogP) is 8.24. The van der Waals surface area contributed by atoms with Crippen molar-refractivity contribution >= 4 is 6.08 Å². The van der Waals surface area contributed by atoms with Crippen molar-refractivity contribution in [1.29, 1.82) is 0 Å². The lowest BCUT2D eigenvalue weighted by molar-refractivity contribution is 0.0752. The number of unbranched alkanes of at least 4 members (excludes halogenated alkanes) is 3. The normalized spacial score (nSPS) is 14.1. The van der Waals surface area contributed by atoms with E-state index in [1.54, 1.807) is 0 Å². The van der Waals surface area contributed by atoms with Crippen molar-refractivity contribution in [2.24, 2.45) is 0 Å². The number of benzene rings is 2. The van der Waals surface area contributed by atoms with Crippen LogP contribution in [0.2, 0.25) is 0 Å². The first kappa shape index (κ1) is 26.2. The van der Waals surface area contributed by atoms with Gasteiger partial charge in [0.25, 0.3) is 0 Å². The van der Waals surface area contributed by atoms with E-state index in [2.05, 4.69) is 71.0 Å². The van der Waals surface area contributed by atoms with E-state index in [0.29, 0.717) is 5.75 Å². The Bertz CT molecular complexity index is 892. The summed E-state index contributed by atoms with van der Waals surface area (Å²) in [6.45, 7) is 12.9. The first-order chi connectivity index (χ1) is 15.2. The van der Waals surface area contributed by atoms with Crippen LogP contribution in [0.3, 0.4) is 0 Å². The molecule has 0 radical (unpaired) electrons.